The van der Waals surface area contributed by atoms with Gasteiger partial charge in [0, 0.05) is 25.8 Å². The van der Waals surface area contributed by atoms with Crippen LogP contribution in [0.15, 0.2) is 48.0 Å². The van der Waals surface area contributed by atoms with E-state index in [0.717, 1.165) is 41.9 Å². The first kappa shape index (κ1) is 29.2. The molecule has 0 bridgehead atoms. The largest absolute Gasteiger partial charge is 0.507 e. The number of ketones is 1. The fourth-order valence-corrected chi connectivity index (χ4v) is 4.50. The Hall–Kier alpha value is -3.32. The number of methoxy groups -OCH3 is 1. The molecule has 1 N–H and O–H groups in total. The molecule has 38 heavy (non-hydrogen) atoms. The van der Waals surface area contributed by atoms with Gasteiger partial charge in [-0.2, -0.15) is 0 Å². The predicted octanol–water partition coefficient (Wildman–Crippen LogP) is 6.06. The number of unbranched alkanes of at least 4 members (excludes halogenated alkanes) is 2. The summed E-state index contributed by atoms with van der Waals surface area (Å²) >= 11 is 0. The summed E-state index contributed by atoms with van der Waals surface area (Å²) in [7, 11) is 1.60. The predicted molar refractivity (Wildman–Crippen MR) is 148 cm³/mol. The maximum atomic E-state index is 13.3. The molecule has 0 spiro atoms. The van der Waals surface area contributed by atoms with Crippen molar-refractivity contribution in [1.29, 1.82) is 0 Å². The number of hydrogen-bond donors (Lipinski definition) is 1. The first-order valence-electron chi connectivity index (χ1n) is 13.5. The first-order chi connectivity index (χ1) is 18.3. The van der Waals surface area contributed by atoms with Gasteiger partial charge < -0.3 is 24.2 Å². The van der Waals surface area contributed by atoms with Crippen LogP contribution < -0.4 is 9.47 Å². The molecule has 1 heterocycles. The van der Waals surface area contributed by atoms with Crippen LogP contribution in [0, 0.1) is 12.8 Å². The van der Waals surface area contributed by atoms with E-state index in [1.54, 1.807) is 25.3 Å². The zero-order chi connectivity index (χ0) is 27.7. The molecule has 2 aromatic rings. The molecule has 1 atom stereocenters. The van der Waals surface area contributed by atoms with Gasteiger partial charge in [-0.25, -0.2) is 0 Å². The zero-order valence-electron chi connectivity index (χ0n) is 23.3. The number of benzene rings is 2. The summed E-state index contributed by atoms with van der Waals surface area (Å²) in [6.07, 6.45) is 3.79. The van der Waals surface area contributed by atoms with Crippen LogP contribution >= 0.6 is 0 Å². The summed E-state index contributed by atoms with van der Waals surface area (Å²) in [5.74, 6) is 0.324. The minimum atomic E-state index is -0.710. The van der Waals surface area contributed by atoms with Gasteiger partial charge in [0.25, 0.3) is 11.7 Å². The van der Waals surface area contributed by atoms with Crippen molar-refractivity contribution >= 4 is 17.4 Å². The fraction of sp³-hybridized carbons (Fsp3) is 0.484. The molecule has 1 saturated heterocycles. The minimum Gasteiger partial charge on any atom is -0.507 e. The number of aliphatic hydroxyl groups excluding tert-OH is 1. The van der Waals surface area contributed by atoms with E-state index >= 15 is 0 Å². The van der Waals surface area contributed by atoms with E-state index in [0.29, 0.717) is 44.3 Å². The van der Waals surface area contributed by atoms with Gasteiger partial charge in [0.1, 0.15) is 17.3 Å². The Labute approximate surface area is 226 Å². The summed E-state index contributed by atoms with van der Waals surface area (Å²) in [6.45, 7) is 10.2. The van der Waals surface area contributed by atoms with Gasteiger partial charge in [0.15, 0.2) is 0 Å². The topological polar surface area (TPSA) is 85.3 Å². The van der Waals surface area contributed by atoms with Crippen molar-refractivity contribution in [2.75, 3.05) is 33.5 Å². The quantitative estimate of drug-likeness (QED) is 0.140. The molecule has 3 rings (SSSR count). The highest BCUT2D eigenvalue weighted by Crippen LogP contribution is 2.40. The van der Waals surface area contributed by atoms with Gasteiger partial charge in [-0.05, 0) is 67.1 Å². The van der Waals surface area contributed by atoms with E-state index < -0.39 is 17.7 Å². The molecule has 1 aliphatic rings. The second-order valence-electron chi connectivity index (χ2n) is 10.1. The number of amides is 1. The average Bonchev–Trinajstić information content (AvgIpc) is 3.15. The Bertz CT molecular complexity index is 1120. The fourth-order valence-electron chi connectivity index (χ4n) is 4.50. The maximum absolute atomic E-state index is 13.3. The number of rotatable bonds is 14. The Morgan fingerprint density at radius 2 is 1.74 bits per heavy atom. The number of ether oxygens (including phenoxy) is 3. The lowest BCUT2D eigenvalue weighted by molar-refractivity contribution is -0.140. The van der Waals surface area contributed by atoms with E-state index in [1.165, 1.54) is 4.90 Å². The van der Waals surface area contributed by atoms with E-state index in [4.69, 9.17) is 14.2 Å². The van der Waals surface area contributed by atoms with Gasteiger partial charge >= 0.3 is 0 Å². The number of carbonyl (C=O) groups is 2. The Balaban J connectivity index is 1.96. The lowest BCUT2D eigenvalue weighted by Gasteiger charge is -2.25. The van der Waals surface area contributed by atoms with Gasteiger partial charge in [-0.15, -0.1) is 0 Å². The summed E-state index contributed by atoms with van der Waals surface area (Å²) in [6, 6.07) is 12.0. The van der Waals surface area contributed by atoms with E-state index in [-0.39, 0.29) is 11.3 Å². The van der Waals surface area contributed by atoms with Crippen molar-refractivity contribution in [2.24, 2.45) is 5.92 Å². The van der Waals surface area contributed by atoms with E-state index in [2.05, 4.69) is 20.8 Å². The molecule has 7 heteroatoms. The summed E-state index contributed by atoms with van der Waals surface area (Å²) in [4.78, 5) is 27.9. The van der Waals surface area contributed by atoms with Gasteiger partial charge in [0.2, 0.25) is 0 Å². The molecule has 7 nitrogen and oxygen atoms in total. The van der Waals surface area contributed by atoms with Gasteiger partial charge in [0.05, 0.1) is 24.8 Å². The molecular weight excluding hydrogens is 482 g/mol. The number of hydrogen-bond acceptors (Lipinski definition) is 6. The molecule has 0 radical (unpaired) electrons. The molecule has 1 fully saturated rings. The van der Waals surface area contributed by atoms with Gasteiger partial charge in [-0.1, -0.05) is 45.7 Å². The normalized spacial score (nSPS) is 16.9. The second kappa shape index (κ2) is 14.0. The van der Waals surface area contributed by atoms with Crippen LogP contribution in [0.4, 0.5) is 0 Å². The van der Waals surface area contributed by atoms with Crippen LogP contribution in [0.25, 0.3) is 5.76 Å². The Morgan fingerprint density at radius 1 is 1.00 bits per heavy atom. The number of likely N-dealkylation sites (tertiary alicyclic amines) is 1. The van der Waals surface area contributed by atoms with Crippen LogP contribution in [-0.4, -0.2) is 55.2 Å². The molecule has 2 aromatic carbocycles. The van der Waals surface area contributed by atoms with Crippen molar-refractivity contribution in [3.63, 3.8) is 0 Å². The molecule has 0 aliphatic carbocycles. The molecule has 1 aliphatic heterocycles. The first-order valence-corrected chi connectivity index (χ1v) is 13.5. The lowest BCUT2D eigenvalue weighted by atomic mass is 9.94. The number of Topliss-reactive ketones (excluding diaryl/α,β-unsaturated/α-hetero) is 1. The molecule has 1 unspecified atom stereocenters. The maximum Gasteiger partial charge on any atom is 0.295 e. The highest BCUT2D eigenvalue weighted by atomic mass is 16.5. The smallest absolute Gasteiger partial charge is 0.295 e. The highest BCUT2D eigenvalue weighted by Gasteiger charge is 2.45. The number of aryl methyl sites for hydroxylation is 1. The summed E-state index contributed by atoms with van der Waals surface area (Å²) < 4.78 is 16.9. The van der Waals surface area contributed by atoms with Crippen LogP contribution in [-0.2, 0) is 14.3 Å². The van der Waals surface area contributed by atoms with E-state index in [1.807, 2.05) is 31.2 Å². The summed E-state index contributed by atoms with van der Waals surface area (Å²) in [5, 5.41) is 11.4. The van der Waals surface area contributed by atoms with Crippen molar-refractivity contribution in [1.82, 2.24) is 4.90 Å². The van der Waals surface area contributed by atoms with Crippen molar-refractivity contribution in [2.45, 2.75) is 59.4 Å². The molecule has 0 saturated carbocycles. The highest BCUT2D eigenvalue weighted by molar-refractivity contribution is 6.46. The number of nitrogens with zero attached hydrogens (tertiary/aromatic N) is 1. The molecule has 1 amide bonds. The van der Waals surface area contributed by atoms with Gasteiger partial charge in [-0.3, -0.25) is 9.59 Å². The zero-order valence-corrected chi connectivity index (χ0v) is 23.3. The third-order valence-corrected chi connectivity index (χ3v) is 6.52. The Morgan fingerprint density at radius 3 is 2.37 bits per heavy atom. The van der Waals surface area contributed by atoms with Crippen molar-refractivity contribution in [3.05, 3.63) is 64.7 Å². The van der Waals surface area contributed by atoms with Crippen molar-refractivity contribution < 1.29 is 28.9 Å². The van der Waals surface area contributed by atoms with Crippen LogP contribution in [0.5, 0.6) is 11.5 Å². The number of aliphatic hydroxyl groups is 1. The third kappa shape index (κ3) is 7.16. The van der Waals surface area contributed by atoms with Crippen LogP contribution in [0.3, 0.4) is 0 Å². The molecular formula is C31H41NO6. The van der Waals surface area contributed by atoms with Crippen molar-refractivity contribution in [3.8, 4) is 11.5 Å². The van der Waals surface area contributed by atoms with Crippen LogP contribution in [0.1, 0.15) is 69.2 Å². The molecule has 206 valence electrons. The number of carbonyl (C=O) groups excluding carboxylic acids is 2. The SMILES string of the molecule is CCCCCOc1ccc(C2/C(=C(\O)c3ccc(OCC(C)C)c(C)c3)C(=O)C(=O)N2CCCOC)cc1. The average molecular weight is 524 g/mol. The third-order valence-electron chi connectivity index (χ3n) is 6.52. The standard InChI is InChI=1S/C31H41NO6/c1-6-7-8-18-37-25-13-10-23(11-14-25)28-27(30(34)31(35)32(28)16-9-17-36-5)29(33)24-12-15-26(22(4)19-24)38-20-21(2)3/h10-15,19,21,28,33H,6-9,16-18,20H2,1-5H3/b29-27+. The minimum absolute atomic E-state index is 0.0827. The summed E-state index contributed by atoms with van der Waals surface area (Å²) in [5.41, 5.74) is 2.12. The van der Waals surface area contributed by atoms with Crippen LogP contribution in [0.2, 0.25) is 0 Å². The molecule has 0 aromatic heterocycles. The second-order valence-corrected chi connectivity index (χ2v) is 10.1. The Kier molecular flexibility index (Phi) is 10.8. The monoisotopic (exact) mass is 523 g/mol. The van der Waals surface area contributed by atoms with E-state index in [9.17, 15) is 14.7 Å². The lowest BCUT2D eigenvalue weighted by Crippen LogP contribution is -2.31.